The van der Waals surface area contributed by atoms with Crippen molar-refractivity contribution in [1.82, 2.24) is 5.32 Å². The Hall–Kier alpha value is -2.12. The molecule has 100 valence electrons. The lowest BCUT2D eigenvalue weighted by molar-refractivity contribution is 0.823. The van der Waals surface area contributed by atoms with Crippen LogP contribution in [0.1, 0.15) is 16.7 Å². The molecule has 0 saturated carbocycles. The second-order valence-corrected chi connectivity index (χ2v) is 5.12. The van der Waals surface area contributed by atoms with Gasteiger partial charge in [-0.3, -0.25) is 0 Å². The molecular formula is C19H19N. The molecule has 0 bridgehead atoms. The summed E-state index contributed by atoms with van der Waals surface area (Å²) in [5, 5.41) is 5.97. The molecule has 0 aromatic heterocycles. The van der Waals surface area contributed by atoms with Crippen LogP contribution in [0.5, 0.6) is 0 Å². The predicted octanol–water partition coefficient (Wildman–Crippen LogP) is 4.15. The third-order valence-electron chi connectivity index (χ3n) is 3.71. The SMILES string of the molecule is CNCc1ccc(Cc2ccccc2)c2ccccc12. The van der Waals surface area contributed by atoms with Crippen molar-refractivity contribution < 1.29 is 0 Å². The molecule has 0 saturated heterocycles. The first-order chi connectivity index (χ1) is 9.88. The van der Waals surface area contributed by atoms with Gasteiger partial charge in [0.2, 0.25) is 0 Å². The van der Waals surface area contributed by atoms with Crippen LogP contribution in [0.25, 0.3) is 10.8 Å². The summed E-state index contributed by atoms with van der Waals surface area (Å²) in [7, 11) is 1.99. The van der Waals surface area contributed by atoms with Gasteiger partial charge >= 0.3 is 0 Å². The van der Waals surface area contributed by atoms with Crippen molar-refractivity contribution in [3.63, 3.8) is 0 Å². The van der Waals surface area contributed by atoms with E-state index in [1.54, 1.807) is 0 Å². The maximum Gasteiger partial charge on any atom is 0.0208 e. The molecule has 0 aliphatic carbocycles. The van der Waals surface area contributed by atoms with Gasteiger partial charge in [0.15, 0.2) is 0 Å². The molecule has 1 N–H and O–H groups in total. The van der Waals surface area contributed by atoms with Crippen molar-refractivity contribution in [3.8, 4) is 0 Å². The minimum Gasteiger partial charge on any atom is -0.316 e. The van der Waals surface area contributed by atoms with Crippen molar-refractivity contribution >= 4 is 10.8 Å². The summed E-state index contributed by atoms with van der Waals surface area (Å²) in [5.41, 5.74) is 4.12. The monoisotopic (exact) mass is 261 g/mol. The van der Waals surface area contributed by atoms with Crippen LogP contribution in [0.15, 0.2) is 66.7 Å². The fraction of sp³-hybridized carbons (Fsp3) is 0.158. The lowest BCUT2D eigenvalue weighted by atomic mass is 9.95. The molecule has 3 aromatic rings. The van der Waals surface area contributed by atoms with Crippen LogP contribution < -0.4 is 5.32 Å². The summed E-state index contributed by atoms with van der Waals surface area (Å²) in [6.45, 7) is 0.909. The maximum absolute atomic E-state index is 3.25. The van der Waals surface area contributed by atoms with Gasteiger partial charge in [-0.1, -0.05) is 66.7 Å². The molecule has 0 heterocycles. The van der Waals surface area contributed by atoms with Gasteiger partial charge in [0.25, 0.3) is 0 Å². The summed E-state index contributed by atoms with van der Waals surface area (Å²) in [4.78, 5) is 0. The van der Waals surface area contributed by atoms with E-state index < -0.39 is 0 Å². The third-order valence-corrected chi connectivity index (χ3v) is 3.71. The van der Waals surface area contributed by atoms with Crippen molar-refractivity contribution in [2.45, 2.75) is 13.0 Å². The maximum atomic E-state index is 3.25. The molecule has 0 spiro atoms. The topological polar surface area (TPSA) is 12.0 Å². The molecule has 1 nitrogen and oxygen atoms in total. The zero-order valence-electron chi connectivity index (χ0n) is 11.8. The Bertz CT molecular complexity index is 701. The van der Waals surface area contributed by atoms with Gasteiger partial charge in [0, 0.05) is 6.54 Å². The van der Waals surface area contributed by atoms with E-state index in [-0.39, 0.29) is 0 Å². The summed E-state index contributed by atoms with van der Waals surface area (Å²) < 4.78 is 0. The minimum absolute atomic E-state index is 0.909. The quantitative estimate of drug-likeness (QED) is 0.744. The van der Waals surface area contributed by atoms with Crippen molar-refractivity contribution in [2.24, 2.45) is 0 Å². The molecular weight excluding hydrogens is 242 g/mol. The Balaban J connectivity index is 2.06. The summed E-state index contributed by atoms with van der Waals surface area (Å²) >= 11 is 0. The Labute approximate surface area is 120 Å². The zero-order valence-corrected chi connectivity index (χ0v) is 11.8. The Morgan fingerprint density at radius 2 is 1.30 bits per heavy atom. The Morgan fingerprint density at radius 3 is 2.00 bits per heavy atom. The molecule has 20 heavy (non-hydrogen) atoms. The van der Waals surface area contributed by atoms with Crippen LogP contribution in [0.4, 0.5) is 0 Å². The first-order valence-corrected chi connectivity index (χ1v) is 7.06. The van der Waals surface area contributed by atoms with E-state index >= 15 is 0 Å². The fourth-order valence-electron chi connectivity index (χ4n) is 2.74. The highest BCUT2D eigenvalue weighted by Gasteiger charge is 2.05. The highest BCUT2D eigenvalue weighted by Crippen LogP contribution is 2.24. The number of rotatable bonds is 4. The highest BCUT2D eigenvalue weighted by atomic mass is 14.8. The van der Waals surface area contributed by atoms with Gasteiger partial charge in [-0.05, 0) is 40.9 Å². The predicted molar refractivity (Wildman–Crippen MR) is 86.0 cm³/mol. The molecule has 0 atom stereocenters. The number of nitrogens with one attached hydrogen (secondary N) is 1. The van der Waals surface area contributed by atoms with E-state index in [4.69, 9.17) is 0 Å². The Kier molecular flexibility index (Phi) is 3.80. The van der Waals surface area contributed by atoms with Gasteiger partial charge in [-0.25, -0.2) is 0 Å². The second kappa shape index (κ2) is 5.89. The molecule has 0 aliphatic rings. The average Bonchev–Trinajstić information content (AvgIpc) is 2.51. The van der Waals surface area contributed by atoms with E-state index in [9.17, 15) is 0 Å². The number of hydrogen-bond donors (Lipinski definition) is 1. The van der Waals surface area contributed by atoms with Crippen LogP contribution >= 0.6 is 0 Å². The molecule has 3 aromatic carbocycles. The van der Waals surface area contributed by atoms with Crippen molar-refractivity contribution in [1.29, 1.82) is 0 Å². The summed E-state index contributed by atoms with van der Waals surface area (Å²) in [6.07, 6.45) is 0.987. The molecule has 0 amide bonds. The van der Waals surface area contributed by atoms with E-state index in [2.05, 4.69) is 72.0 Å². The van der Waals surface area contributed by atoms with Gasteiger partial charge in [0.1, 0.15) is 0 Å². The van der Waals surface area contributed by atoms with Crippen molar-refractivity contribution in [3.05, 3.63) is 83.4 Å². The molecule has 3 rings (SSSR count). The number of benzene rings is 3. The lowest BCUT2D eigenvalue weighted by Gasteiger charge is -2.11. The molecule has 0 unspecified atom stereocenters. The van der Waals surface area contributed by atoms with Crippen LogP contribution in [0, 0.1) is 0 Å². The molecule has 0 radical (unpaired) electrons. The van der Waals surface area contributed by atoms with Crippen molar-refractivity contribution in [2.75, 3.05) is 7.05 Å². The standard InChI is InChI=1S/C19H19N/c1-20-14-17-12-11-16(13-15-7-3-2-4-8-15)18-9-5-6-10-19(17)18/h2-12,20H,13-14H2,1H3. The van der Waals surface area contributed by atoms with E-state index in [0.29, 0.717) is 0 Å². The second-order valence-electron chi connectivity index (χ2n) is 5.12. The first-order valence-electron chi connectivity index (χ1n) is 7.06. The van der Waals surface area contributed by atoms with Gasteiger partial charge in [-0.2, -0.15) is 0 Å². The van der Waals surface area contributed by atoms with E-state index in [1.165, 1.54) is 27.5 Å². The smallest absolute Gasteiger partial charge is 0.0208 e. The molecule has 0 aliphatic heterocycles. The number of fused-ring (bicyclic) bond motifs is 1. The third kappa shape index (κ3) is 2.59. The zero-order chi connectivity index (χ0) is 13.8. The summed E-state index contributed by atoms with van der Waals surface area (Å²) in [6, 6.07) is 23.9. The van der Waals surface area contributed by atoms with Gasteiger partial charge < -0.3 is 5.32 Å². The van der Waals surface area contributed by atoms with Gasteiger partial charge in [-0.15, -0.1) is 0 Å². The fourth-order valence-corrected chi connectivity index (χ4v) is 2.74. The molecule has 0 fully saturated rings. The van der Waals surface area contributed by atoms with E-state index in [0.717, 1.165) is 13.0 Å². The molecule has 1 heteroatoms. The van der Waals surface area contributed by atoms with Crippen LogP contribution in [-0.4, -0.2) is 7.05 Å². The largest absolute Gasteiger partial charge is 0.316 e. The first kappa shape index (κ1) is 12.9. The van der Waals surface area contributed by atoms with Gasteiger partial charge in [0.05, 0.1) is 0 Å². The highest BCUT2D eigenvalue weighted by molar-refractivity contribution is 5.89. The Morgan fingerprint density at radius 1 is 0.700 bits per heavy atom. The van der Waals surface area contributed by atoms with Crippen LogP contribution in [0.2, 0.25) is 0 Å². The summed E-state index contributed by atoms with van der Waals surface area (Å²) in [5.74, 6) is 0. The lowest BCUT2D eigenvalue weighted by Crippen LogP contribution is -2.06. The van der Waals surface area contributed by atoms with Crippen LogP contribution in [0.3, 0.4) is 0 Å². The van der Waals surface area contributed by atoms with E-state index in [1.807, 2.05) is 7.05 Å². The minimum atomic E-state index is 0.909. The van der Waals surface area contributed by atoms with Crippen LogP contribution in [-0.2, 0) is 13.0 Å². The number of hydrogen-bond acceptors (Lipinski definition) is 1. The normalized spacial score (nSPS) is 10.8. The average molecular weight is 261 g/mol.